The van der Waals surface area contributed by atoms with Crippen molar-refractivity contribution in [1.82, 2.24) is 0 Å². The maximum atomic E-state index is 12.7. The molecule has 0 bridgehead atoms. The van der Waals surface area contributed by atoms with Crippen LogP contribution in [0.5, 0.6) is 0 Å². The maximum absolute atomic E-state index is 12.7. The molecule has 60 heavy (non-hydrogen) atoms. The zero-order valence-electron chi connectivity index (χ0n) is 40.2. The molecule has 6 heteroatoms. The first-order chi connectivity index (χ1) is 29.5. The summed E-state index contributed by atoms with van der Waals surface area (Å²) in [4.78, 5) is 37.7. The van der Waals surface area contributed by atoms with Gasteiger partial charge in [-0.2, -0.15) is 0 Å². The van der Waals surface area contributed by atoms with Crippen molar-refractivity contribution in [3.8, 4) is 0 Å². The Balaban J connectivity index is 4.13. The number of rotatable bonds is 48. The van der Waals surface area contributed by atoms with E-state index in [0.29, 0.717) is 19.3 Å². The molecular formula is C54H100O6. The summed E-state index contributed by atoms with van der Waals surface area (Å²) >= 11 is 0. The van der Waals surface area contributed by atoms with Crippen molar-refractivity contribution in [2.45, 2.75) is 290 Å². The van der Waals surface area contributed by atoms with Crippen LogP contribution in [0.4, 0.5) is 0 Å². The monoisotopic (exact) mass is 845 g/mol. The molecule has 0 amide bonds. The summed E-state index contributed by atoms with van der Waals surface area (Å²) in [6.07, 6.45) is 56.1. The van der Waals surface area contributed by atoms with Gasteiger partial charge in [0.1, 0.15) is 13.2 Å². The normalized spacial score (nSPS) is 12.1. The molecular weight excluding hydrogens is 745 g/mol. The molecule has 0 fully saturated rings. The number of allylic oxidation sites excluding steroid dienone is 4. The Bertz CT molecular complexity index is 973. The second-order valence-electron chi connectivity index (χ2n) is 17.8. The molecule has 0 aliphatic carbocycles. The van der Waals surface area contributed by atoms with E-state index in [9.17, 15) is 14.4 Å². The molecule has 0 aromatic heterocycles. The highest BCUT2D eigenvalue weighted by Gasteiger charge is 2.19. The number of unbranched alkanes of at least 4 members (excludes halogenated alkanes) is 33. The van der Waals surface area contributed by atoms with Crippen LogP contribution in [0.3, 0.4) is 0 Å². The Morgan fingerprint density at radius 1 is 0.333 bits per heavy atom. The zero-order valence-corrected chi connectivity index (χ0v) is 40.2. The van der Waals surface area contributed by atoms with Crippen LogP contribution >= 0.6 is 0 Å². The first-order valence-electron chi connectivity index (χ1n) is 26.3. The van der Waals surface area contributed by atoms with Gasteiger partial charge in [-0.3, -0.25) is 14.4 Å². The minimum atomic E-state index is -0.763. The van der Waals surface area contributed by atoms with Gasteiger partial charge in [-0.15, -0.1) is 0 Å². The Labute approximate surface area is 373 Å². The predicted molar refractivity (Wildman–Crippen MR) is 256 cm³/mol. The van der Waals surface area contributed by atoms with Gasteiger partial charge in [0.15, 0.2) is 6.10 Å². The lowest BCUT2D eigenvalue weighted by atomic mass is 10.0. The standard InChI is InChI=1S/C54H100O6/c1-4-7-10-13-16-18-20-22-23-24-25-26-27-28-29-30-31-32-34-35-38-41-44-47-53(56)59-50-51(49-58-52(55)46-43-40-37-15-12-9-6-3)60-54(57)48-45-42-39-36-33-21-19-17-14-11-8-5-2/h20,22,24-25,51H,4-19,21,23,26-50H2,1-3H3/b22-20-,25-24-. The highest BCUT2D eigenvalue weighted by molar-refractivity contribution is 5.71. The predicted octanol–water partition coefficient (Wildman–Crippen LogP) is 17.2. The van der Waals surface area contributed by atoms with Crippen molar-refractivity contribution in [2.75, 3.05) is 13.2 Å². The summed E-state index contributed by atoms with van der Waals surface area (Å²) in [6.45, 7) is 6.60. The van der Waals surface area contributed by atoms with Gasteiger partial charge >= 0.3 is 17.9 Å². The minimum absolute atomic E-state index is 0.0679. The van der Waals surface area contributed by atoms with Crippen LogP contribution in [0.2, 0.25) is 0 Å². The molecule has 0 heterocycles. The average Bonchev–Trinajstić information content (AvgIpc) is 3.24. The average molecular weight is 845 g/mol. The lowest BCUT2D eigenvalue weighted by molar-refractivity contribution is -0.167. The fourth-order valence-electron chi connectivity index (χ4n) is 7.71. The molecule has 1 atom stereocenters. The topological polar surface area (TPSA) is 78.9 Å². The number of carbonyl (C=O) groups is 3. The number of esters is 3. The first kappa shape index (κ1) is 57.9. The molecule has 0 saturated heterocycles. The molecule has 0 saturated carbocycles. The van der Waals surface area contributed by atoms with E-state index in [1.165, 1.54) is 180 Å². The fourth-order valence-corrected chi connectivity index (χ4v) is 7.71. The highest BCUT2D eigenvalue weighted by atomic mass is 16.6. The van der Waals surface area contributed by atoms with E-state index in [0.717, 1.165) is 64.2 Å². The van der Waals surface area contributed by atoms with Gasteiger partial charge in [0.2, 0.25) is 0 Å². The summed E-state index contributed by atoms with van der Waals surface area (Å²) in [6, 6.07) is 0. The highest BCUT2D eigenvalue weighted by Crippen LogP contribution is 2.16. The third kappa shape index (κ3) is 46.9. The maximum Gasteiger partial charge on any atom is 0.306 e. The molecule has 0 aromatic rings. The largest absolute Gasteiger partial charge is 0.462 e. The van der Waals surface area contributed by atoms with E-state index < -0.39 is 6.10 Å². The molecule has 1 unspecified atom stereocenters. The van der Waals surface area contributed by atoms with Crippen molar-refractivity contribution in [2.24, 2.45) is 0 Å². The van der Waals surface area contributed by atoms with Crippen LogP contribution in [0, 0.1) is 0 Å². The molecule has 0 rings (SSSR count). The molecule has 0 aliphatic rings. The fraction of sp³-hybridized carbons (Fsp3) is 0.870. The van der Waals surface area contributed by atoms with Gasteiger partial charge in [0, 0.05) is 19.3 Å². The summed E-state index contributed by atoms with van der Waals surface area (Å²) < 4.78 is 16.7. The minimum Gasteiger partial charge on any atom is -0.462 e. The third-order valence-corrected chi connectivity index (χ3v) is 11.7. The van der Waals surface area contributed by atoms with Crippen molar-refractivity contribution >= 4 is 17.9 Å². The Morgan fingerprint density at radius 2 is 0.600 bits per heavy atom. The van der Waals surface area contributed by atoms with E-state index in [2.05, 4.69) is 45.1 Å². The van der Waals surface area contributed by atoms with Crippen LogP contribution < -0.4 is 0 Å². The Hall–Kier alpha value is -2.11. The number of ether oxygens (including phenoxy) is 3. The molecule has 0 aliphatic heterocycles. The van der Waals surface area contributed by atoms with Gasteiger partial charge in [-0.25, -0.2) is 0 Å². The molecule has 0 N–H and O–H groups in total. The van der Waals surface area contributed by atoms with E-state index in [-0.39, 0.29) is 31.1 Å². The summed E-state index contributed by atoms with van der Waals surface area (Å²) in [5.41, 5.74) is 0. The van der Waals surface area contributed by atoms with Crippen LogP contribution in [0.15, 0.2) is 24.3 Å². The van der Waals surface area contributed by atoms with Gasteiger partial charge in [0.25, 0.3) is 0 Å². The van der Waals surface area contributed by atoms with E-state index >= 15 is 0 Å². The smallest absolute Gasteiger partial charge is 0.306 e. The van der Waals surface area contributed by atoms with E-state index in [1.807, 2.05) is 0 Å². The summed E-state index contributed by atoms with van der Waals surface area (Å²) in [7, 11) is 0. The number of hydrogen-bond donors (Lipinski definition) is 0. The van der Waals surface area contributed by atoms with Crippen LogP contribution in [0.25, 0.3) is 0 Å². The van der Waals surface area contributed by atoms with Gasteiger partial charge in [-0.05, 0) is 51.4 Å². The molecule has 0 spiro atoms. The van der Waals surface area contributed by atoms with Crippen molar-refractivity contribution < 1.29 is 28.6 Å². The van der Waals surface area contributed by atoms with Crippen molar-refractivity contribution in [1.29, 1.82) is 0 Å². The SMILES string of the molecule is CCCCCCC/C=C\C/C=C\CCCCCCCCCCCCCC(=O)OCC(COC(=O)CCCCCCCCC)OC(=O)CCCCCCCCCCCCCC. The van der Waals surface area contributed by atoms with Crippen LogP contribution in [0.1, 0.15) is 284 Å². The number of carbonyl (C=O) groups excluding carboxylic acids is 3. The van der Waals surface area contributed by atoms with E-state index in [4.69, 9.17) is 14.2 Å². The first-order valence-corrected chi connectivity index (χ1v) is 26.3. The van der Waals surface area contributed by atoms with Crippen molar-refractivity contribution in [3.63, 3.8) is 0 Å². The Kier molecular flexibility index (Phi) is 47.8. The van der Waals surface area contributed by atoms with Crippen LogP contribution in [-0.2, 0) is 28.6 Å². The quantitative estimate of drug-likeness (QED) is 0.0263. The summed E-state index contributed by atoms with van der Waals surface area (Å²) in [5.74, 6) is -0.864. The van der Waals surface area contributed by atoms with Gasteiger partial charge in [-0.1, -0.05) is 238 Å². The second-order valence-corrected chi connectivity index (χ2v) is 17.8. The number of hydrogen-bond acceptors (Lipinski definition) is 6. The lowest BCUT2D eigenvalue weighted by Gasteiger charge is -2.18. The Morgan fingerprint density at radius 3 is 0.917 bits per heavy atom. The lowest BCUT2D eigenvalue weighted by Crippen LogP contribution is -2.30. The van der Waals surface area contributed by atoms with Crippen molar-refractivity contribution in [3.05, 3.63) is 24.3 Å². The van der Waals surface area contributed by atoms with Gasteiger partial charge < -0.3 is 14.2 Å². The third-order valence-electron chi connectivity index (χ3n) is 11.7. The zero-order chi connectivity index (χ0) is 43.7. The molecule has 352 valence electrons. The molecule has 6 nitrogen and oxygen atoms in total. The summed E-state index contributed by atoms with van der Waals surface area (Å²) in [5, 5.41) is 0. The second kappa shape index (κ2) is 49.5. The van der Waals surface area contributed by atoms with E-state index in [1.54, 1.807) is 0 Å². The molecule has 0 radical (unpaired) electrons. The molecule has 0 aromatic carbocycles. The van der Waals surface area contributed by atoms with Crippen LogP contribution in [-0.4, -0.2) is 37.2 Å². The van der Waals surface area contributed by atoms with Gasteiger partial charge in [0.05, 0.1) is 0 Å².